The highest BCUT2D eigenvalue weighted by Crippen LogP contribution is 2.32. The van der Waals surface area contributed by atoms with Crippen LogP contribution in [0.4, 0.5) is 21.8 Å². The molecule has 2 aromatic carbocycles. The molecule has 0 bridgehead atoms. The minimum Gasteiger partial charge on any atom is -0.486 e. The highest BCUT2D eigenvalue weighted by molar-refractivity contribution is 5.68. The van der Waals surface area contributed by atoms with E-state index in [1.165, 1.54) is 11.6 Å². The summed E-state index contributed by atoms with van der Waals surface area (Å²) in [6, 6.07) is 18.9. The molecule has 160 valence electrons. The summed E-state index contributed by atoms with van der Waals surface area (Å²) in [6.45, 7) is 3.92. The lowest BCUT2D eigenvalue weighted by atomic mass is 10.1. The van der Waals surface area contributed by atoms with Crippen LogP contribution < -0.4 is 15.0 Å². The Balaban J connectivity index is 1.38. The molecule has 1 N–H and O–H groups in total. The van der Waals surface area contributed by atoms with Crippen molar-refractivity contribution < 1.29 is 9.13 Å². The molecule has 32 heavy (non-hydrogen) atoms. The zero-order valence-corrected chi connectivity index (χ0v) is 17.6. The Hall–Kier alpha value is -4.00. The Morgan fingerprint density at radius 3 is 2.75 bits per heavy atom. The fourth-order valence-corrected chi connectivity index (χ4v) is 3.75. The van der Waals surface area contributed by atoms with E-state index in [2.05, 4.69) is 37.3 Å². The maximum absolute atomic E-state index is 14.8. The van der Waals surface area contributed by atoms with Crippen molar-refractivity contribution in [2.75, 3.05) is 23.4 Å². The number of hydrogen-bond donors (Lipinski definition) is 1. The van der Waals surface area contributed by atoms with Gasteiger partial charge in [0.15, 0.2) is 11.6 Å². The lowest BCUT2D eigenvalue weighted by molar-refractivity contribution is 0.303. The second kappa shape index (κ2) is 8.63. The van der Waals surface area contributed by atoms with Crippen LogP contribution in [0.25, 0.3) is 11.1 Å². The topological polar surface area (TPSA) is 63.2 Å². The number of rotatable bonds is 5. The van der Waals surface area contributed by atoms with Gasteiger partial charge in [-0.15, -0.1) is 0 Å². The third kappa shape index (κ3) is 4.23. The van der Waals surface area contributed by atoms with Gasteiger partial charge in [0.05, 0.1) is 12.7 Å². The molecule has 2 aromatic heterocycles. The predicted molar refractivity (Wildman–Crippen MR) is 123 cm³/mol. The number of aromatic nitrogens is 3. The number of anilines is 3. The van der Waals surface area contributed by atoms with Crippen LogP contribution in [0.15, 0.2) is 73.1 Å². The van der Waals surface area contributed by atoms with Gasteiger partial charge in [-0.1, -0.05) is 30.3 Å². The molecule has 0 amide bonds. The summed E-state index contributed by atoms with van der Waals surface area (Å²) in [6.07, 6.45) is 3.34. The number of nitrogens with one attached hydrogen (secondary N) is 1. The van der Waals surface area contributed by atoms with Crippen molar-refractivity contribution in [2.45, 2.75) is 13.5 Å². The van der Waals surface area contributed by atoms with Crippen LogP contribution in [0.1, 0.15) is 11.3 Å². The van der Waals surface area contributed by atoms with Gasteiger partial charge >= 0.3 is 0 Å². The molecule has 1 aliphatic heterocycles. The molecule has 7 heteroatoms. The molecule has 0 saturated carbocycles. The van der Waals surface area contributed by atoms with Gasteiger partial charge in [-0.2, -0.15) is 4.98 Å². The Bertz CT molecular complexity index is 1250. The second-order valence-corrected chi connectivity index (χ2v) is 7.64. The van der Waals surface area contributed by atoms with Crippen LogP contribution in [-0.2, 0) is 6.54 Å². The van der Waals surface area contributed by atoms with Crippen molar-refractivity contribution in [2.24, 2.45) is 0 Å². The average molecular weight is 427 g/mol. The van der Waals surface area contributed by atoms with Crippen LogP contribution in [-0.4, -0.2) is 28.1 Å². The maximum atomic E-state index is 14.8. The third-order valence-corrected chi connectivity index (χ3v) is 5.30. The van der Waals surface area contributed by atoms with E-state index in [0.29, 0.717) is 29.6 Å². The zero-order chi connectivity index (χ0) is 21.9. The summed E-state index contributed by atoms with van der Waals surface area (Å²) in [5.41, 5.74) is 3.92. The van der Waals surface area contributed by atoms with Crippen LogP contribution >= 0.6 is 0 Å². The van der Waals surface area contributed by atoms with Gasteiger partial charge in [0.25, 0.3) is 0 Å². The summed E-state index contributed by atoms with van der Waals surface area (Å²) in [5, 5.41) is 3.11. The standard InChI is InChI=1S/C25H22FN5O/c1-17-13-19(9-10-27-17)21-8-7-20(14-22(21)26)29-25-28-15-23-24(30-25)31(11-12-32-23)16-18-5-3-2-4-6-18/h2-10,13-15H,11-12,16H2,1H3,(H,28,29,30). The highest BCUT2D eigenvalue weighted by Gasteiger charge is 2.21. The number of ether oxygens (including phenoxy) is 1. The Morgan fingerprint density at radius 2 is 1.94 bits per heavy atom. The molecule has 0 aliphatic carbocycles. The van der Waals surface area contributed by atoms with Gasteiger partial charge in [0, 0.05) is 29.7 Å². The SMILES string of the molecule is Cc1cc(-c2ccc(Nc3ncc4c(n3)N(Cc3ccccc3)CCO4)cc2F)ccn1. The normalized spacial score (nSPS) is 12.8. The smallest absolute Gasteiger partial charge is 0.229 e. The van der Waals surface area contributed by atoms with Crippen molar-refractivity contribution in [1.82, 2.24) is 15.0 Å². The first-order valence-electron chi connectivity index (χ1n) is 10.4. The fourth-order valence-electron chi connectivity index (χ4n) is 3.75. The largest absolute Gasteiger partial charge is 0.486 e. The molecule has 0 atom stereocenters. The van der Waals surface area contributed by atoms with E-state index in [1.54, 1.807) is 24.5 Å². The predicted octanol–water partition coefficient (Wildman–Crippen LogP) is 5.13. The number of halogens is 1. The summed E-state index contributed by atoms with van der Waals surface area (Å²) in [5.74, 6) is 1.43. The second-order valence-electron chi connectivity index (χ2n) is 7.64. The van der Waals surface area contributed by atoms with Gasteiger partial charge in [-0.05, 0) is 48.4 Å². The van der Waals surface area contributed by atoms with Crippen LogP contribution in [0.3, 0.4) is 0 Å². The van der Waals surface area contributed by atoms with Gasteiger partial charge in [-0.3, -0.25) is 4.98 Å². The monoisotopic (exact) mass is 427 g/mol. The molecule has 0 saturated heterocycles. The Morgan fingerprint density at radius 1 is 1.06 bits per heavy atom. The molecular weight excluding hydrogens is 405 g/mol. The lowest BCUT2D eigenvalue weighted by Gasteiger charge is -2.30. The van der Waals surface area contributed by atoms with Crippen molar-refractivity contribution in [1.29, 1.82) is 0 Å². The minimum absolute atomic E-state index is 0.326. The van der Waals surface area contributed by atoms with Gasteiger partial charge in [-0.25, -0.2) is 9.37 Å². The van der Waals surface area contributed by atoms with Crippen LogP contribution in [0, 0.1) is 12.7 Å². The van der Waals surface area contributed by atoms with E-state index in [0.717, 1.165) is 30.2 Å². The van der Waals surface area contributed by atoms with Gasteiger partial charge in [0.1, 0.15) is 12.4 Å². The molecule has 0 radical (unpaired) electrons. The fraction of sp³-hybridized carbons (Fsp3) is 0.160. The molecule has 3 heterocycles. The van der Waals surface area contributed by atoms with E-state index in [1.807, 2.05) is 37.3 Å². The number of benzene rings is 2. The zero-order valence-electron chi connectivity index (χ0n) is 17.6. The Labute approximate surface area is 185 Å². The lowest BCUT2D eigenvalue weighted by Crippen LogP contribution is -2.33. The van der Waals surface area contributed by atoms with Crippen LogP contribution in [0.2, 0.25) is 0 Å². The molecule has 1 aliphatic rings. The van der Waals surface area contributed by atoms with Gasteiger partial charge < -0.3 is 15.0 Å². The number of hydrogen-bond acceptors (Lipinski definition) is 6. The summed E-state index contributed by atoms with van der Waals surface area (Å²) < 4.78 is 20.5. The van der Waals surface area contributed by atoms with Crippen molar-refractivity contribution in [3.63, 3.8) is 0 Å². The summed E-state index contributed by atoms with van der Waals surface area (Å²) in [7, 11) is 0. The first-order valence-corrected chi connectivity index (χ1v) is 10.4. The number of aryl methyl sites for hydroxylation is 1. The number of fused-ring (bicyclic) bond motifs is 1. The summed E-state index contributed by atoms with van der Waals surface area (Å²) >= 11 is 0. The first kappa shape index (κ1) is 19.9. The van der Waals surface area contributed by atoms with E-state index in [4.69, 9.17) is 4.74 Å². The maximum Gasteiger partial charge on any atom is 0.229 e. The molecule has 0 fully saturated rings. The van der Waals surface area contributed by atoms with Crippen molar-refractivity contribution in [3.05, 3.63) is 90.1 Å². The third-order valence-electron chi connectivity index (χ3n) is 5.30. The quantitative estimate of drug-likeness (QED) is 0.477. The Kier molecular flexibility index (Phi) is 5.37. The van der Waals surface area contributed by atoms with E-state index < -0.39 is 0 Å². The highest BCUT2D eigenvalue weighted by atomic mass is 19.1. The van der Waals surface area contributed by atoms with Crippen LogP contribution in [0.5, 0.6) is 5.75 Å². The average Bonchev–Trinajstić information content (AvgIpc) is 2.80. The molecule has 4 aromatic rings. The van der Waals surface area contributed by atoms with E-state index in [-0.39, 0.29) is 5.82 Å². The molecule has 5 rings (SSSR count). The van der Waals surface area contributed by atoms with E-state index in [9.17, 15) is 4.39 Å². The van der Waals surface area contributed by atoms with Crippen molar-refractivity contribution in [3.8, 4) is 16.9 Å². The first-order chi connectivity index (χ1) is 15.7. The van der Waals surface area contributed by atoms with E-state index >= 15 is 0 Å². The molecular formula is C25H22FN5O. The molecule has 0 unspecified atom stereocenters. The van der Waals surface area contributed by atoms with Crippen molar-refractivity contribution >= 4 is 17.5 Å². The number of nitrogens with zero attached hydrogens (tertiary/aromatic N) is 4. The summed E-state index contributed by atoms with van der Waals surface area (Å²) in [4.78, 5) is 15.3. The number of pyridine rings is 1. The minimum atomic E-state index is -0.326. The molecule has 6 nitrogen and oxygen atoms in total. The molecule has 0 spiro atoms. The van der Waals surface area contributed by atoms with Gasteiger partial charge in [0.2, 0.25) is 5.95 Å².